The Hall–Kier alpha value is -2.04. The number of unbranched alkanes of at least 4 members (excludes halogenated alkanes) is 24. The van der Waals surface area contributed by atoms with Crippen molar-refractivity contribution < 1.29 is 0 Å². The third-order valence-corrected chi connectivity index (χ3v) is 20.2. The van der Waals surface area contributed by atoms with Crippen LogP contribution >= 0.6 is 57.1 Å². The molecule has 0 aliphatic carbocycles. The molecule has 8 rings (SSSR count). The van der Waals surface area contributed by atoms with Crippen molar-refractivity contribution in [1.29, 1.82) is 0 Å². The third-order valence-electron chi connectivity index (χ3n) is 14.8. The van der Waals surface area contributed by atoms with Crippen molar-refractivity contribution in [3.05, 3.63) is 21.9 Å². The Morgan fingerprint density at radius 1 is 0.462 bits per heavy atom. The van der Waals surface area contributed by atoms with Crippen molar-refractivity contribution in [2.24, 2.45) is 5.92 Å². The summed E-state index contributed by atoms with van der Waals surface area (Å²) in [6, 6.07) is 0. The predicted molar refractivity (Wildman–Crippen MR) is 298 cm³/mol. The van der Waals surface area contributed by atoms with Crippen LogP contribution in [-0.2, 0) is 19.4 Å². The van der Waals surface area contributed by atoms with E-state index in [0.29, 0.717) is 5.92 Å². The molecule has 0 saturated carbocycles. The van der Waals surface area contributed by atoms with E-state index in [2.05, 4.69) is 58.7 Å². The second-order valence-electron chi connectivity index (χ2n) is 20.0. The lowest BCUT2D eigenvalue weighted by Crippen LogP contribution is -2.11. The van der Waals surface area contributed by atoms with Crippen molar-refractivity contribution in [3.8, 4) is 0 Å². The van der Waals surface area contributed by atoms with Crippen LogP contribution in [-0.4, -0.2) is 18.3 Å². The highest BCUT2D eigenvalue weighted by Crippen LogP contribution is 2.52. The molecule has 0 amide bonds. The summed E-state index contributed by atoms with van der Waals surface area (Å²) in [5.74, 6) is 0.671. The molecule has 65 heavy (non-hydrogen) atoms. The zero-order valence-electron chi connectivity index (χ0n) is 40.9. The molecule has 4 nitrogen and oxygen atoms in total. The van der Waals surface area contributed by atoms with Crippen molar-refractivity contribution in [1.82, 2.24) is 18.3 Å². The summed E-state index contributed by atoms with van der Waals surface area (Å²) < 4.78 is 20.7. The van der Waals surface area contributed by atoms with Crippen LogP contribution in [0, 0.1) is 5.92 Å². The number of aryl methyl sites for hydroxylation is 2. The van der Waals surface area contributed by atoms with Crippen LogP contribution in [0.3, 0.4) is 0 Å². The van der Waals surface area contributed by atoms with Gasteiger partial charge in [-0.15, -0.1) is 45.3 Å². The molecular formula is C56H82N4S5. The van der Waals surface area contributed by atoms with E-state index in [-0.39, 0.29) is 0 Å². The summed E-state index contributed by atoms with van der Waals surface area (Å²) in [7, 11) is 0. The lowest BCUT2D eigenvalue weighted by atomic mass is 9.94. The molecule has 1 N–H and O–H groups in total. The maximum absolute atomic E-state index is 5.79. The van der Waals surface area contributed by atoms with Gasteiger partial charge in [0.2, 0.25) is 0 Å². The number of aromatic nitrogens is 4. The van der Waals surface area contributed by atoms with E-state index in [1.165, 1.54) is 285 Å². The van der Waals surface area contributed by atoms with Crippen molar-refractivity contribution in [3.63, 3.8) is 0 Å². The van der Waals surface area contributed by atoms with Crippen LogP contribution in [0.5, 0.6) is 0 Å². The normalized spacial score (nSPS) is 13.0. The highest BCUT2D eigenvalue weighted by atomic mass is 32.1. The van der Waals surface area contributed by atoms with Gasteiger partial charge in [-0.05, 0) is 66.3 Å². The van der Waals surface area contributed by atoms with E-state index in [0.717, 1.165) is 6.54 Å². The maximum atomic E-state index is 5.79. The second kappa shape index (κ2) is 25.5. The molecule has 8 aromatic rings. The first kappa shape index (κ1) is 49.4. The van der Waals surface area contributed by atoms with Gasteiger partial charge in [0.1, 0.15) is 11.0 Å². The Morgan fingerprint density at radius 2 is 0.938 bits per heavy atom. The standard InChI is InChI=1S/C56H82N4S5/c1-5-9-13-17-20-22-24-27-31-35-41-38-61-55-48-53(63-51(41)55)43-45-46(59-65-58-45)44-49(47(43)57-48)60(37-40(33-29-16-12-8-4)34-30-26-19-15-11-7-3)50-54(44)64-52-42(39-62-56(50)52)36-32-28-25-23-21-18-14-10-6-2/h38-40,58H,5-37H2,1-4H3. The monoisotopic (exact) mass is 971 g/mol. The number of benzene rings is 1. The van der Waals surface area contributed by atoms with Gasteiger partial charge in [-0.3, -0.25) is 4.37 Å². The topological polar surface area (TPSA) is 46.5 Å². The number of rotatable bonds is 34. The van der Waals surface area contributed by atoms with Crippen molar-refractivity contribution >= 4 is 129 Å². The summed E-state index contributed by atoms with van der Waals surface area (Å²) in [5, 5.41) is 7.70. The van der Waals surface area contributed by atoms with Gasteiger partial charge in [0, 0.05) is 29.0 Å². The molecule has 0 spiro atoms. The van der Waals surface area contributed by atoms with Gasteiger partial charge in [0.25, 0.3) is 0 Å². The molecule has 1 atom stereocenters. The fourth-order valence-corrected chi connectivity index (χ4v) is 17.0. The van der Waals surface area contributed by atoms with Gasteiger partial charge >= 0.3 is 0 Å². The van der Waals surface area contributed by atoms with Gasteiger partial charge in [0.15, 0.2) is 0 Å². The average Bonchev–Trinajstić information content (AvgIpc) is 4.19. The Bertz CT molecular complexity index is 2640. The number of thiophene rings is 4. The third kappa shape index (κ3) is 11.7. The molecule has 9 heteroatoms. The van der Waals surface area contributed by atoms with E-state index >= 15 is 0 Å². The van der Waals surface area contributed by atoms with E-state index in [9.17, 15) is 0 Å². The summed E-state index contributed by atoms with van der Waals surface area (Å²) in [6.45, 7) is 10.4. The average molecular weight is 972 g/mol. The number of H-pyrrole nitrogens is 1. The molecule has 356 valence electrons. The number of nitrogens with one attached hydrogen (secondary N) is 1. The highest BCUT2D eigenvalue weighted by Gasteiger charge is 2.29. The number of hydrogen-bond acceptors (Lipinski definition) is 7. The van der Waals surface area contributed by atoms with Crippen molar-refractivity contribution in [2.75, 3.05) is 0 Å². The Labute approximate surface area is 412 Å². The predicted octanol–water partition coefficient (Wildman–Crippen LogP) is 21.5. The van der Waals surface area contributed by atoms with Gasteiger partial charge in [-0.2, -0.15) is 4.37 Å². The Morgan fingerprint density at radius 3 is 1.51 bits per heavy atom. The van der Waals surface area contributed by atoms with Crippen molar-refractivity contribution in [2.45, 2.75) is 240 Å². The first-order chi connectivity index (χ1) is 32.2. The fraction of sp³-hybridized carbons (Fsp3) is 0.679. The molecule has 0 fully saturated rings. The Balaban J connectivity index is 1.14. The lowest BCUT2D eigenvalue weighted by molar-refractivity contribution is 0.366. The lowest BCUT2D eigenvalue weighted by Gasteiger charge is -2.20. The molecular weight excluding hydrogens is 889 g/mol. The van der Waals surface area contributed by atoms with Gasteiger partial charge in [0.05, 0.1) is 50.3 Å². The molecule has 1 unspecified atom stereocenters. The van der Waals surface area contributed by atoms with E-state index < -0.39 is 0 Å². The van der Waals surface area contributed by atoms with Crippen LogP contribution < -0.4 is 0 Å². The van der Waals surface area contributed by atoms with Gasteiger partial charge in [-0.25, -0.2) is 4.98 Å². The van der Waals surface area contributed by atoms with Crippen LogP contribution in [0.25, 0.3) is 72.1 Å². The Kier molecular flexibility index (Phi) is 19.4. The summed E-state index contributed by atoms with van der Waals surface area (Å²) in [6.07, 6.45) is 43.5. The number of nitrogens with zero attached hydrogens (tertiary/aromatic N) is 3. The highest BCUT2D eigenvalue weighted by molar-refractivity contribution is 7.33. The molecule has 0 saturated heterocycles. The van der Waals surface area contributed by atoms with Crippen LogP contribution in [0.4, 0.5) is 0 Å². The SMILES string of the molecule is CCCCCCCCCCCc1csc2c1sc1c2nc2c1c1[nH]snc1c1c3sc4c(CCCCCCCCCCC)csc4c3n(CC(CCCCCC)CCCCCCCC)c21. The number of hydrogen-bond donors (Lipinski definition) is 1. The minimum atomic E-state index is 0.671. The molecule has 7 aromatic heterocycles. The maximum Gasteiger partial charge on any atom is 0.113 e. The fourth-order valence-electron chi connectivity index (χ4n) is 11.0. The molecule has 0 bridgehead atoms. The second-order valence-corrected chi connectivity index (χ2v) is 24.4. The summed E-state index contributed by atoms with van der Waals surface area (Å²) in [4.78, 5) is 5.79. The zero-order chi connectivity index (χ0) is 44.8. The first-order valence-electron chi connectivity index (χ1n) is 27.1. The van der Waals surface area contributed by atoms with E-state index in [1.54, 1.807) is 15.8 Å². The number of aromatic amines is 1. The minimum Gasteiger partial charge on any atom is -0.336 e. The molecule has 7 heterocycles. The summed E-state index contributed by atoms with van der Waals surface area (Å²) >= 11 is 9.61. The number of fused-ring (bicyclic) bond motifs is 14. The summed E-state index contributed by atoms with van der Waals surface area (Å²) in [5.41, 5.74) is 10.8. The first-order valence-corrected chi connectivity index (χ1v) is 31.3. The quantitative estimate of drug-likeness (QED) is 0.0409. The van der Waals surface area contributed by atoms with E-state index in [1.807, 2.05) is 34.0 Å². The molecule has 0 radical (unpaired) electrons. The minimum absolute atomic E-state index is 0.671. The largest absolute Gasteiger partial charge is 0.336 e. The smallest absolute Gasteiger partial charge is 0.113 e. The van der Waals surface area contributed by atoms with Gasteiger partial charge in [-0.1, -0.05) is 195 Å². The van der Waals surface area contributed by atoms with E-state index in [4.69, 9.17) is 9.36 Å². The van der Waals surface area contributed by atoms with Crippen LogP contribution in [0.15, 0.2) is 10.8 Å². The molecule has 1 aromatic carbocycles. The van der Waals surface area contributed by atoms with Gasteiger partial charge < -0.3 is 4.57 Å². The zero-order valence-corrected chi connectivity index (χ0v) is 45.0. The van der Waals surface area contributed by atoms with Crippen LogP contribution in [0.1, 0.15) is 231 Å². The van der Waals surface area contributed by atoms with Crippen LogP contribution in [0.2, 0.25) is 0 Å². The molecule has 0 aliphatic heterocycles. The molecule has 0 aliphatic rings.